The Morgan fingerprint density at radius 2 is 2.16 bits per heavy atom. The van der Waals surface area contributed by atoms with E-state index in [2.05, 4.69) is 21.2 Å². The lowest BCUT2D eigenvalue weighted by molar-refractivity contribution is -0.116. The van der Waals surface area contributed by atoms with E-state index in [1.165, 1.54) is 0 Å². The van der Waals surface area contributed by atoms with E-state index in [4.69, 9.17) is 9.15 Å². The van der Waals surface area contributed by atoms with Crippen LogP contribution in [0, 0.1) is 0 Å². The molecule has 19 heavy (non-hydrogen) atoms. The zero-order chi connectivity index (χ0) is 13.2. The number of amides is 1. The number of hydrogen-bond donors (Lipinski definition) is 1. The number of fused-ring (bicyclic) bond motifs is 1. The minimum Gasteiger partial charge on any atom is -0.486 e. The van der Waals surface area contributed by atoms with Crippen LogP contribution in [-0.2, 0) is 17.8 Å². The lowest BCUT2D eigenvalue weighted by Crippen LogP contribution is -2.18. The molecule has 0 saturated heterocycles. The first-order valence-corrected chi connectivity index (χ1v) is 6.80. The topological polar surface area (TPSA) is 51.5 Å². The van der Waals surface area contributed by atoms with Crippen molar-refractivity contribution in [1.29, 1.82) is 0 Å². The Balaban J connectivity index is 1.71. The molecule has 0 atom stereocenters. The van der Waals surface area contributed by atoms with Gasteiger partial charge in [-0.2, -0.15) is 0 Å². The maximum atomic E-state index is 11.3. The fourth-order valence-corrected chi connectivity index (χ4v) is 2.36. The van der Waals surface area contributed by atoms with Gasteiger partial charge in [-0.25, -0.2) is 0 Å². The largest absolute Gasteiger partial charge is 0.486 e. The van der Waals surface area contributed by atoms with Gasteiger partial charge >= 0.3 is 0 Å². The van der Waals surface area contributed by atoms with Crippen LogP contribution in [0.4, 0.5) is 5.69 Å². The summed E-state index contributed by atoms with van der Waals surface area (Å²) < 4.78 is 11.7. The molecule has 1 amide bonds. The summed E-state index contributed by atoms with van der Waals surface area (Å²) in [5, 5.41) is 2.85. The molecule has 1 aromatic heterocycles. The summed E-state index contributed by atoms with van der Waals surface area (Å²) in [6.45, 7) is 0.359. The average Bonchev–Trinajstić information content (AvgIpc) is 2.81. The third-order valence-corrected chi connectivity index (χ3v) is 3.41. The number of furan rings is 1. The molecule has 0 fully saturated rings. The Labute approximate surface area is 118 Å². The highest BCUT2D eigenvalue weighted by Crippen LogP contribution is 2.27. The van der Waals surface area contributed by atoms with Crippen LogP contribution in [0.1, 0.15) is 17.7 Å². The summed E-state index contributed by atoms with van der Waals surface area (Å²) in [6.07, 6.45) is 1.33. The molecule has 0 aliphatic carbocycles. The molecule has 1 aliphatic heterocycles. The minimum absolute atomic E-state index is 0.0552. The lowest BCUT2D eigenvalue weighted by Gasteiger charge is -2.17. The standard InChI is InChI=1S/C14H12BrNO3/c15-13-5-4-11(19-13)8-18-10-3-1-9-2-6-14(17)16-12(9)7-10/h1,3-5,7H,2,6,8H2,(H,16,17). The van der Waals surface area contributed by atoms with E-state index in [1.54, 1.807) is 0 Å². The maximum Gasteiger partial charge on any atom is 0.224 e. The van der Waals surface area contributed by atoms with Crippen LogP contribution in [0.5, 0.6) is 5.75 Å². The second-order valence-corrected chi connectivity index (χ2v) is 5.14. The molecule has 0 unspecified atom stereocenters. The van der Waals surface area contributed by atoms with Gasteiger partial charge in [-0.1, -0.05) is 6.07 Å². The highest BCUT2D eigenvalue weighted by Gasteiger charge is 2.15. The Hall–Kier alpha value is -1.75. The van der Waals surface area contributed by atoms with E-state index in [0.717, 1.165) is 23.4 Å². The monoisotopic (exact) mass is 321 g/mol. The van der Waals surface area contributed by atoms with Crippen LogP contribution < -0.4 is 10.1 Å². The molecule has 1 N–H and O–H groups in total. The van der Waals surface area contributed by atoms with Crippen LogP contribution >= 0.6 is 15.9 Å². The number of hydrogen-bond acceptors (Lipinski definition) is 3. The van der Waals surface area contributed by atoms with Gasteiger partial charge in [0.15, 0.2) is 4.67 Å². The molecule has 3 rings (SSSR count). The number of halogens is 1. The molecule has 98 valence electrons. The highest BCUT2D eigenvalue weighted by molar-refractivity contribution is 9.10. The van der Waals surface area contributed by atoms with Gasteiger partial charge in [0.1, 0.15) is 18.1 Å². The highest BCUT2D eigenvalue weighted by atomic mass is 79.9. The van der Waals surface area contributed by atoms with Crippen LogP contribution in [0.25, 0.3) is 0 Å². The Bertz CT molecular complexity index is 621. The molecular weight excluding hydrogens is 310 g/mol. The fraction of sp³-hybridized carbons (Fsp3) is 0.214. The van der Waals surface area contributed by atoms with Gasteiger partial charge in [0.25, 0.3) is 0 Å². The van der Waals surface area contributed by atoms with E-state index >= 15 is 0 Å². The zero-order valence-corrected chi connectivity index (χ0v) is 11.7. The van der Waals surface area contributed by atoms with E-state index in [-0.39, 0.29) is 5.91 Å². The van der Waals surface area contributed by atoms with Gasteiger partial charge in [0.05, 0.1) is 0 Å². The normalized spacial score (nSPS) is 13.8. The van der Waals surface area contributed by atoms with Crippen LogP contribution in [0.3, 0.4) is 0 Å². The number of carbonyl (C=O) groups excluding carboxylic acids is 1. The molecule has 5 heteroatoms. The van der Waals surface area contributed by atoms with Crippen molar-refractivity contribution >= 4 is 27.5 Å². The number of aryl methyl sites for hydroxylation is 1. The van der Waals surface area contributed by atoms with Crippen molar-refractivity contribution in [3.63, 3.8) is 0 Å². The first-order valence-electron chi connectivity index (χ1n) is 6.00. The van der Waals surface area contributed by atoms with E-state index in [0.29, 0.717) is 23.4 Å². The minimum atomic E-state index is 0.0552. The molecule has 4 nitrogen and oxygen atoms in total. The van der Waals surface area contributed by atoms with Crippen molar-refractivity contribution in [2.24, 2.45) is 0 Å². The summed E-state index contributed by atoms with van der Waals surface area (Å²) in [4.78, 5) is 11.3. The van der Waals surface area contributed by atoms with Crippen LogP contribution in [-0.4, -0.2) is 5.91 Å². The van der Waals surface area contributed by atoms with Gasteiger partial charge in [-0.15, -0.1) is 0 Å². The van der Waals surface area contributed by atoms with Crippen molar-refractivity contribution < 1.29 is 13.9 Å². The molecule has 0 saturated carbocycles. The van der Waals surface area contributed by atoms with Gasteiger partial charge in [0.2, 0.25) is 5.91 Å². The summed E-state index contributed by atoms with van der Waals surface area (Å²) in [7, 11) is 0. The Morgan fingerprint density at radius 3 is 2.95 bits per heavy atom. The first-order chi connectivity index (χ1) is 9.20. The molecule has 0 bridgehead atoms. The molecule has 0 radical (unpaired) electrons. The number of carbonyl (C=O) groups is 1. The second kappa shape index (κ2) is 5.09. The summed E-state index contributed by atoms with van der Waals surface area (Å²) in [5.41, 5.74) is 1.99. The zero-order valence-electron chi connectivity index (χ0n) is 10.1. The van der Waals surface area contributed by atoms with Gasteiger partial charge < -0.3 is 14.5 Å². The fourth-order valence-electron chi connectivity index (χ4n) is 2.02. The Kier molecular flexibility index (Phi) is 3.29. The second-order valence-electron chi connectivity index (χ2n) is 4.36. The summed E-state index contributed by atoms with van der Waals surface area (Å²) >= 11 is 3.24. The molecular formula is C14H12BrNO3. The SMILES string of the molecule is O=C1CCc2ccc(OCc3ccc(Br)o3)cc2N1. The molecule has 1 aliphatic rings. The number of rotatable bonds is 3. The number of benzene rings is 1. The third-order valence-electron chi connectivity index (χ3n) is 2.99. The number of anilines is 1. The third kappa shape index (κ3) is 2.81. The first kappa shape index (κ1) is 12.3. The average molecular weight is 322 g/mol. The summed E-state index contributed by atoms with van der Waals surface area (Å²) in [6, 6.07) is 9.43. The molecule has 2 aromatic rings. The van der Waals surface area contributed by atoms with E-state index < -0.39 is 0 Å². The number of nitrogens with one attached hydrogen (secondary N) is 1. The quantitative estimate of drug-likeness (QED) is 0.941. The van der Waals surface area contributed by atoms with Crippen molar-refractivity contribution in [2.75, 3.05) is 5.32 Å². The van der Waals surface area contributed by atoms with Crippen LogP contribution in [0.2, 0.25) is 0 Å². The number of ether oxygens (including phenoxy) is 1. The maximum absolute atomic E-state index is 11.3. The smallest absolute Gasteiger partial charge is 0.224 e. The van der Waals surface area contributed by atoms with E-state index in [9.17, 15) is 4.79 Å². The van der Waals surface area contributed by atoms with Crippen molar-refractivity contribution in [3.8, 4) is 5.75 Å². The van der Waals surface area contributed by atoms with Crippen molar-refractivity contribution in [3.05, 3.63) is 46.3 Å². The van der Waals surface area contributed by atoms with Gasteiger partial charge in [-0.3, -0.25) is 4.79 Å². The molecule has 1 aromatic carbocycles. The van der Waals surface area contributed by atoms with E-state index in [1.807, 2.05) is 30.3 Å². The van der Waals surface area contributed by atoms with Crippen molar-refractivity contribution in [1.82, 2.24) is 0 Å². The predicted molar refractivity (Wildman–Crippen MR) is 74.1 cm³/mol. The lowest BCUT2D eigenvalue weighted by atomic mass is 10.0. The van der Waals surface area contributed by atoms with Crippen LogP contribution in [0.15, 0.2) is 39.4 Å². The van der Waals surface area contributed by atoms with Gasteiger partial charge in [-0.05, 0) is 46.1 Å². The van der Waals surface area contributed by atoms with Gasteiger partial charge in [0, 0.05) is 18.2 Å². The predicted octanol–water partition coefficient (Wildman–Crippen LogP) is 3.51. The molecule has 2 heterocycles. The van der Waals surface area contributed by atoms with Crippen molar-refractivity contribution in [2.45, 2.75) is 19.4 Å². The molecule has 0 spiro atoms. The Morgan fingerprint density at radius 1 is 1.26 bits per heavy atom. The summed E-state index contributed by atoms with van der Waals surface area (Å²) in [5.74, 6) is 1.52.